The molecule has 0 saturated carbocycles. The Hall–Kier alpha value is -4.54. The van der Waals surface area contributed by atoms with Gasteiger partial charge in [0, 0.05) is 12.7 Å². The molecule has 9 atom stereocenters. The Morgan fingerprint density at radius 2 is 0.983 bits per heavy atom. The summed E-state index contributed by atoms with van der Waals surface area (Å²) in [5.74, 6) is -8.61. The van der Waals surface area contributed by atoms with Gasteiger partial charge in [0.05, 0.1) is 13.2 Å². The highest BCUT2D eigenvalue weighted by Crippen LogP contribution is 2.12. The molecule has 22 heteroatoms. The summed E-state index contributed by atoms with van der Waals surface area (Å²) in [4.78, 5) is 116. The van der Waals surface area contributed by atoms with Crippen LogP contribution in [0.5, 0.6) is 0 Å². The molecule has 0 aromatic heterocycles. The van der Waals surface area contributed by atoms with E-state index in [1.54, 1.807) is 41.5 Å². The quantitative estimate of drug-likeness (QED) is 0.0277. The van der Waals surface area contributed by atoms with Crippen LogP contribution in [0, 0.1) is 17.8 Å². The number of hydrogen-bond donors (Lipinski definition) is 13. The second-order valence-corrected chi connectivity index (χ2v) is 15.1. The lowest BCUT2D eigenvalue weighted by molar-refractivity contribution is -0.137. The largest absolute Gasteiger partial charge is 0.394 e. The van der Waals surface area contributed by atoms with Gasteiger partial charge in [0.25, 0.3) is 0 Å². The minimum atomic E-state index is -1.50. The van der Waals surface area contributed by atoms with E-state index in [9.17, 15) is 53.4 Å². The van der Waals surface area contributed by atoms with Crippen molar-refractivity contribution in [1.82, 2.24) is 42.5 Å². The molecule has 0 aliphatic rings. The Morgan fingerprint density at radius 3 is 1.43 bits per heavy atom. The van der Waals surface area contributed by atoms with Gasteiger partial charge in [-0.05, 0) is 50.5 Å². The van der Waals surface area contributed by atoms with E-state index in [4.69, 9.17) is 11.5 Å². The summed E-state index contributed by atoms with van der Waals surface area (Å²) in [6.07, 6.45) is 1.38. The zero-order valence-corrected chi connectivity index (χ0v) is 35.6. The van der Waals surface area contributed by atoms with Crippen molar-refractivity contribution in [3.05, 3.63) is 0 Å². The predicted octanol–water partition coefficient (Wildman–Crippen LogP) is -4.21. The first-order chi connectivity index (χ1) is 27.1. The Kier molecular flexibility index (Phi) is 25.1. The summed E-state index contributed by atoms with van der Waals surface area (Å²) in [6, 6.07) is -10.0. The number of nitrogens with one attached hydrogen (secondary N) is 8. The highest BCUT2D eigenvalue weighted by atomic mass is 32.1. The van der Waals surface area contributed by atoms with Crippen LogP contribution >= 0.6 is 12.6 Å². The first-order valence-electron chi connectivity index (χ1n) is 19.3. The second-order valence-electron chi connectivity index (χ2n) is 14.7. The fourth-order valence-corrected chi connectivity index (χ4v) is 5.58. The number of hydrogen-bond acceptors (Lipinski definition) is 13. The van der Waals surface area contributed by atoms with E-state index in [2.05, 4.69) is 55.2 Å². The third kappa shape index (κ3) is 18.4. The monoisotopic (exact) mass is 846 g/mol. The highest BCUT2D eigenvalue weighted by Gasteiger charge is 2.36. The number of nitrogens with two attached hydrogens (primary N) is 2. The third-order valence-corrected chi connectivity index (χ3v) is 9.52. The predicted molar refractivity (Wildman–Crippen MR) is 216 cm³/mol. The summed E-state index contributed by atoms with van der Waals surface area (Å²) in [7, 11) is 0. The van der Waals surface area contributed by atoms with E-state index in [-0.39, 0.29) is 12.2 Å². The van der Waals surface area contributed by atoms with Crippen LogP contribution in [0.25, 0.3) is 0 Å². The Balaban J connectivity index is 6.09. The minimum Gasteiger partial charge on any atom is -0.394 e. The van der Waals surface area contributed by atoms with E-state index >= 15 is 0 Å². The van der Waals surface area contributed by atoms with Gasteiger partial charge in [-0.3, -0.25) is 43.2 Å². The number of thiol groups is 1. The maximum atomic E-state index is 13.8. The molecule has 0 radical (unpaired) electrons. The third-order valence-electron chi connectivity index (χ3n) is 9.15. The topological polar surface area (TPSA) is 342 Å². The molecular weight excluding hydrogens is 781 g/mol. The molecule has 0 aliphatic heterocycles. The molecule has 0 saturated heterocycles. The van der Waals surface area contributed by atoms with Gasteiger partial charge in [0.2, 0.25) is 53.2 Å². The molecule has 9 amide bonds. The molecule has 0 unspecified atom stereocenters. The lowest BCUT2D eigenvalue weighted by Gasteiger charge is -2.30. The van der Waals surface area contributed by atoms with Gasteiger partial charge in [0.1, 0.15) is 48.3 Å². The zero-order valence-electron chi connectivity index (χ0n) is 34.7. The van der Waals surface area contributed by atoms with Crippen molar-refractivity contribution >= 4 is 65.8 Å². The zero-order chi connectivity index (χ0) is 44.9. The molecule has 14 N–H and O–H groups in total. The van der Waals surface area contributed by atoms with Crippen molar-refractivity contribution in [1.29, 1.82) is 0 Å². The second kappa shape index (κ2) is 27.2. The van der Waals surface area contributed by atoms with Gasteiger partial charge in [-0.15, -0.1) is 0 Å². The molecule has 21 nitrogen and oxygen atoms in total. The Labute approximate surface area is 345 Å². The molecule has 0 spiro atoms. The molecule has 0 rings (SSSR count). The van der Waals surface area contributed by atoms with Crippen molar-refractivity contribution in [2.75, 3.05) is 25.5 Å². The number of unbranched alkanes of at least 4 members (excludes halogenated alkanes) is 1. The van der Waals surface area contributed by atoms with E-state index < -0.39 is 132 Å². The summed E-state index contributed by atoms with van der Waals surface area (Å²) >= 11 is 4.04. The molecule has 0 aromatic carbocycles. The van der Waals surface area contributed by atoms with E-state index in [1.165, 1.54) is 13.8 Å². The van der Waals surface area contributed by atoms with Crippen LogP contribution in [-0.4, -0.2) is 137 Å². The summed E-state index contributed by atoms with van der Waals surface area (Å²) in [6.45, 7) is 11.2. The molecule has 0 bridgehead atoms. The van der Waals surface area contributed by atoms with Gasteiger partial charge in [0.15, 0.2) is 0 Å². The number of rotatable bonds is 27. The van der Waals surface area contributed by atoms with Crippen LogP contribution in [0.3, 0.4) is 0 Å². The number of primary amides is 1. The van der Waals surface area contributed by atoms with Gasteiger partial charge in [-0.2, -0.15) is 12.6 Å². The van der Waals surface area contributed by atoms with Crippen LogP contribution in [0.1, 0.15) is 81.1 Å². The number of aliphatic hydroxyl groups is 2. The summed E-state index contributed by atoms with van der Waals surface area (Å²) in [5, 5.41) is 39.1. The number of aliphatic hydroxyl groups excluding tert-OH is 2. The van der Waals surface area contributed by atoms with E-state index in [0.717, 1.165) is 0 Å². The first-order valence-corrected chi connectivity index (χ1v) is 19.9. The lowest BCUT2D eigenvalue weighted by Crippen LogP contribution is -2.62. The number of carbonyl (C=O) groups excluding carboxylic acids is 9. The fraction of sp³-hybridized carbons (Fsp3) is 0.750. The minimum absolute atomic E-state index is 0.0936. The average molecular weight is 847 g/mol. The van der Waals surface area contributed by atoms with Gasteiger partial charge in [-0.25, -0.2) is 0 Å². The van der Waals surface area contributed by atoms with Crippen molar-refractivity contribution in [2.24, 2.45) is 29.2 Å². The van der Waals surface area contributed by atoms with Crippen molar-refractivity contribution < 1.29 is 53.4 Å². The summed E-state index contributed by atoms with van der Waals surface area (Å²) < 4.78 is 0. The van der Waals surface area contributed by atoms with Crippen molar-refractivity contribution in [3.63, 3.8) is 0 Å². The lowest BCUT2D eigenvalue weighted by atomic mass is 9.96. The molecule has 332 valence electrons. The van der Waals surface area contributed by atoms with Gasteiger partial charge < -0.3 is 64.2 Å². The van der Waals surface area contributed by atoms with Gasteiger partial charge >= 0.3 is 0 Å². The molecular formula is C36H66N10O11S. The maximum Gasteiger partial charge on any atom is 0.245 e. The van der Waals surface area contributed by atoms with Gasteiger partial charge in [-0.1, -0.05) is 48.0 Å². The fourth-order valence-electron chi connectivity index (χ4n) is 5.32. The SMILES string of the molecule is CC[C@H](C)[C@H](NC(=O)[C@H](CO)NC(=O)[C@H](CS)NC(C)=O)C(=O)N[C@@H](CCCCN)C(=O)N[C@H](C(=O)N[C@@H](C)C(=O)N[C@H](C(=O)N[C@@H](CO)C(N)=O)C(C)C)C(C)C. The Morgan fingerprint density at radius 1 is 0.552 bits per heavy atom. The molecule has 0 aromatic rings. The van der Waals surface area contributed by atoms with Crippen LogP contribution in [-0.2, 0) is 43.2 Å². The smallest absolute Gasteiger partial charge is 0.245 e. The normalized spacial score (nSPS) is 15.8. The number of amides is 9. The van der Waals surface area contributed by atoms with Crippen LogP contribution in [0.2, 0.25) is 0 Å². The molecule has 0 aliphatic carbocycles. The maximum absolute atomic E-state index is 13.8. The molecule has 0 fully saturated rings. The van der Waals surface area contributed by atoms with Crippen LogP contribution < -0.4 is 54.0 Å². The van der Waals surface area contributed by atoms with E-state index in [0.29, 0.717) is 25.8 Å². The summed E-state index contributed by atoms with van der Waals surface area (Å²) in [5.41, 5.74) is 10.9. The molecule has 58 heavy (non-hydrogen) atoms. The van der Waals surface area contributed by atoms with Crippen LogP contribution in [0.15, 0.2) is 0 Å². The van der Waals surface area contributed by atoms with Crippen molar-refractivity contribution in [2.45, 2.75) is 129 Å². The Bertz CT molecular complexity index is 1420. The highest BCUT2D eigenvalue weighted by molar-refractivity contribution is 7.80. The standard InChI is InChI=1S/C36H66N10O11S/c1-9-19(6)28(46-32(53)24(15-48)43-33(54)25(16-58)40-21(8)49)36(57)41-22(12-10-11-13-37)31(52)45-26(17(2)3)34(55)39-20(7)30(51)44-27(18(4)5)35(56)42-23(14-47)29(38)50/h17-20,22-28,47-48,58H,9-16,37H2,1-8H3,(H2,38,50)(H,39,55)(H,40,49)(H,41,57)(H,42,56)(H,43,54)(H,44,51)(H,45,52)(H,46,53)/t19-,20-,22-,23-,24-,25-,26-,27-,28-/m0/s1. The average Bonchev–Trinajstić information content (AvgIpc) is 3.16. The molecule has 0 heterocycles. The van der Waals surface area contributed by atoms with E-state index in [1.807, 2.05) is 0 Å². The van der Waals surface area contributed by atoms with Crippen molar-refractivity contribution in [3.8, 4) is 0 Å². The van der Waals surface area contributed by atoms with Crippen LogP contribution in [0.4, 0.5) is 0 Å². The first kappa shape index (κ1) is 53.5. The number of carbonyl (C=O) groups is 9.